The average molecular weight is 294 g/mol. The van der Waals surface area contributed by atoms with Crippen LogP contribution in [0.4, 0.5) is 0 Å². The summed E-state index contributed by atoms with van der Waals surface area (Å²) in [5, 5.41) is 8.56. The summed E-state index contributed by atoms with van der Waals surface area (Å²) in [6.07, 6.45) is 0. The molecular formula is C15H20ClN3O. The number of benzene rings is 1. The van der Waals surface area contributed by atoms with Crippen LogP contribution in [0.25, 0.3) is 0 Å². The Labute approximate surface area is 124 Å². The van der Waals surface area contributed by atoms with Crippen molar-refractivity contribution in [1.29, 1.82) is 0 Å². The van der Waals surface area contributed by atoms with E-state index < -0.39 is 0 Å². The molecule has 0 spiro atoms. The molecule has 1 aromatic carbocycles. The van der Waals surface area contributed by atoms with Crippen LogP contribution in [0.1, 0.15) is 22.5 Å². The number of rotatable bonds is 5. The van der Waals surface area contributed by atoms with E-state index in [2.05, 4.69) is 17.3 Å². The standard InChI is InChI=1S/C15H20ClN3O/c1-10-14(11(2)19(3)18-10)9-17-8-12-7-13(16)5-6-15(12)20-4/h5-7,17H,8-9H2,1-4H3. The molecule has 0 saturated carbocycles. The number of nitrogens with zero attached hydrogens (tertiary/aromatic N) is 2. The first kappa shape index (κ1) is 14.9. The van der Waals surface area contributed by atoms with Gasteiger partial charge in [-0.2, -0.15) is 5.10 Å². The second kappa shape index (κ2) is 6.29. The fourth-order valence-electron chi connectivity index (χ4n) is 2.28. The molecule has 0 aliphatic rings. The summed E-state index contributed by atoms with van der Waals surface area (Å²) >= 11 is 6.03. The van der Waals surface area contributed by atoms with Gasteiger partial charge in [-0.25, -0.2) is 0 Å². The summed E-state index contributed by atoms with van der Waals surface area (Å²) in [4.78, 5) is 0. The van der Waals surface area contributed by atoms with Crippen molar-refractivity contribution in [2.75, 3.05) is 7.11 Å². The molecule has 1 N–H and O–H groups in total. The Morgan fingerprint density at radius 1 is 1.30 bits per heavy atom. The van der Waals surface area contributed by atoms with Gasteiger partial charge < -0.3 is 10.1 Å². The lowest BCUT2D eigenvalue weighted by Crippen LogP contribution is -2.14. The summed E-state index contributed by atoms with van der Waals surface area (Å²) in [5.74, 6) is 0.849. The molecule has 0 aliphatic heterocycles. The highest BCUT2D eigenvalue weighted by molar-refractivity contribution is 6.30. The summed E-state index contributed by atoms with van der Waals surface area (Å²) in [5.41, 5.74) is 4.55. The largest absolute Gasteiger partial charge is 0.496 e. The van der Waals surface area contributed by atoms with Gasteiger partial charge in [-0.1, -0.05) is 11.6 Å². The Balaban J connectivity index is 2.04. The zero-order valence-corrected chi connectivity index (χ0v) is 13.1. The van der Waals surface area contributed by atoms with Gasteiger partial charge in [-0.05, 0) is 32.0 Å². The average Bonchev–Trinajstić information content (AvgIpc) is 2.65. The molecule has 2 rings (SSSR count). The van der Waals surface area contributed by atoms with Crippen LogP contribution in [0.5, 0.6) is 5.75 Å². The molecule has 0 radical (unpaired) electrons. The molecule has 2 aromatic rings. The summed E-state index contributed by atoms with van der Waals surface area (Å²) in [6.45, 7) is 5.60. The maximum atomic E-state index is 6.03. The molecule has 1 heterocycles. The second-order valence-electron chi connectivity index (χ2n) is 4.83. The smallest absolute Gasteiger partial charge is 0.123 e. The van der Waals surface area contributed by atoms with Crippen molar-refractivity contribution in [3.05, 3.63) is 45.7 Å². The molecular weight excluding hydrogens is 274 g/mol. The van der Waals surface area contributed by atoms with Crippen molar-refractivity contribution in [2.24, 2.45) is 7.05 Å². The van der Waals surface area contributed by atoms with Gasteiger partial charge in [0, 0.05) is 42.0 Å². The predicted molar refractivity (Wildman–Crippen MR) is 81.2 cm³/mol. The molecule has 0 saturated heterocycles. The van der Waals surface area contributed by atoms with E-state index in [0.29, 0.717) is 6.54 Å². The topological polar surface area (TPSA) is 39.1 Å². The van der Waals surface area contributed by atoms with Crippen LogP contribution < -0.4 is 10.1 Å². The van der Waals surface area contributed by atoms with Gasteiger partial charge in [-0.3, -0.25) is 4.68 Å². The van der Waals surface area contributed by atoms with Crippen LogP contribution in [0.3, 0.4) is 0 Å². The Hall–Kier alpha value is -1.52. The fourth-order valence-corrected chi connectivity index (χ4v) is 2.48. The third-order valence-electron chi connectivity index (χ3n) is 3.52. The molecule has 0 unspecified atom stereocenters. The fraction of sp³-hybridized carbons (Fsp3) is 0.400. The first-order chi connectivity index (χ1) is 9.52. The Kier molecular flexibility index (Phi) is 4.68. The van der Waals surface area contributed by atoms with Gasteiger partial charge in [0.15, 0.2) is 0 Å². The maximum absolute atomic E-state index is 6.03. The molecule has 20 heavy (non-hydrogen) atoms. The van der Waals surface area contributed by atoms with Gasteiger partial charge in [0.1, 0.15) is 5.75 Å². The highest BCUT2D eigenvalue weighted by Crippen LogP contribution is 2.22. The highest BCUT2D eigenvalue weighted by Gasteiger charge is 2.09. The minimum atomic E-state index is 0.706. The number of aromatic nitrogens is 2. The molecule has 1 aromatic heterocycles. The molecule has 4 nitrogen and oxygen atoms in total. The van der Waals surface area contributed by atoms with E-state index >= 15 is 0 Å². The number of halogens is 1. The maximum Gasteiger partial charge on any atom is 0.123 e. The summed E-state index contributed by atoms with van der Waals surface area (Å²) in [7, 11) is 3.63. The minimum Gasteiger partial charge on any atom is -0.496 e. The van der Waals surface area contributed by atoms with E-state index in [1.54, 1.807) is 7.11 Å². The molecule has 0 amide bonds. The third-order valence-corrected chi connectivity index (χ3v) is 3.75. The van der Waals surface area contributed by atoms with Crippen LogP contribution in [0.2, 0.25) is 5.02 Å². The van der Waals surface area contributed by atoms with E-state index in [0.717, 1.165) is 28.6 Å². The highest BCUT2D eigenvalue weighted by atomic mass is 35.5. The van der Waals surface area contributed by atoms with E-state index in [1.807, 2.05) is 36.9 Å². The lowest BCUT2D eigenvalue weighted by Gasteiger charge is -2.10. The van der Waals surface area contributed by atoms with Crippen LogP contribution >= 0.6 is 11.6 Å². The number of aryl methyl sites for hydroxylation is 2. The number of hydrogen-bond acceptors (Lipinski definition) is 3. The number of methoxy groups -OCH3 is 1. The predicted octanol–water partition coefficient (Wildman–Crippen LogP) is 2.99. The SMILES string of the molecule is COc1ccc(Cl)cc1CNCc1c(C)nn(C)c1C. The monoisotopic (exact) mass is 293 g/mol. The Bertz CT molecular complexity index is 607. The van der Waals surface area contributed by atoms with Crippen LogP contribution in [-0.2, 0) is 20.1 Å². The first-order valence-corrected chi connectivity index (χ1v) is 6.93. The van der Waals surface area contributed by atoms with Crippen molar-refractivity contribution < 1.29 is 4.74 Å². The summed E-state index contributed by atoms with van der Waals surface area (Å²) < 4.78 is 7.25. The zero-order chi connectivity index (χ0) is 14.7. The van der Waals surface area contributed by atoms with Gasteiger partial charge in [0.2, 0.25) is 0 Å². The van der Waals surface area contributed by atoms with E-state index in [9.17, 15) is 0 Å². The van der Waals surface area contributed by atoms with Crippen LogP contribution in [0.15, 0.2) is 18.2 Å². The lowest BCUT2D eigenvalue weighted by atomic mass is 10.1. The van der Waals surface area contributed by atoms with E-state index in [1.165, 1.54) is 11.3 Å². The number of hydrogen-bond donors (Lipinski definition) is 1. The molecule has 0 fully saturated rings. The molecule has 0 atom stereocenters. The van der Waals surface area contributed by atoms with Gasteiger partial charge in [0.05, 0.1) is 12.8 Å². The normalized spacial score (nSPS) is 10.8. The number of ether oxygens (including phenoxy) is 1. The quantitative estimate of drug-likeness (QED) is 0.921. The van der Waals surface area contributed by atoms with Gasteiger partial charge >= 0.3 is 0 Å². The van der Waals surface area contributed by atoms with E-state index in [4.69, 9.17) is 16.3 Å². The number of nitrogens with one attached hydrogen (secondary N) is 1. The molecule has 108 valence electrons. The second-order valence-corrected chi connectivity index (χ2v) is 5.27. The zero-order valence-electron chi connectivity index (χ0n) is 12.3. The van der Waals surface area contributed by atoms with Gasteiger partial charge in [-0.15, -0.1) is 0 Å². The van der Waals surface area contributed by atoms with Crippen molar-refractivity contribution in [3.8, 4) is 5.75 Å². The Morgan fingerprint density at radius 3 is 2.65 bits per heavy atom. The van der Waals surface area contributed by atoms with Crippen LogP contribution in [0, 0.1) is 13.8 Å². The molecule has 5 heteroatoms. The van der Waals surface area contributed by atoms with Crippen molar-refractivity contribution in [1.82, 2.24) is 15.1 Å². The van der Waals surface area contributed by atoms with E-state index in [-0.39, 0.29) is 0 Å². The Morgan fingerprint density at radius 2 is 2.05 bits per heavy atom. The van der Waals surface area contributed by atoms with Crippen molar-refractivity contribution in [3.63, 3.8) is 0 Å². The van der Waals surface area contributed by atoms with Crippen LogP contribution in [-0.4, -0.2) is 16.9 Å². The van der Waals surface area contributed by atoms with Crippen molar-refractivity contribution >= 4 is 11.6 Å². The first-order valence-electron chi connectivity index (χ1n) is 6.55. The molecule has 0 aliphatic carbocycles. The summed E-state index contributed by atoms with van der Waals surface area (Å²) in [6, 6.07) is 5.65. The lowest BCUT2D eigenvalue weighted by molar-refractivity contribution is 0.407. The molecule has 0 bridgehead atoms. The van der Waals surface area contributed by atoms with Crippen molar-refractivity contribution in [2.45, 2.75) is 26.9 Å². The van der Waals surface area contributed by atoms with Gasteiger partial charge in [0.25, 0.3) is 0 Å². The third kappa shape index (κ3) is 3.14. The minimum absolute atomic E-state index is 0.706.